The molecule has 5 nitrogen and oxygen atoms in total. The normalized spacial score (nSPS) is 24.1. The van der Waals surface area contributed by atoms with E-state index in [4.69, 9.17) is 0 Å². The number of benzene rings is 1. The van der Waals surface area contributed by atoms with E-state index in [-0.39, 0.29) is 18.1 Å². The summed E-state index contributed by atoms with van der Waals surface area (Å²) >= 11 is 0. The van der Waals surface area contributed by atoms with Crippen molar-refractivity contribution in [2.24, 2.45) is 5.92 Å². The quantitative estimate of drug-likeness (QED) is 0.828. The lowest BCUT2D eigenvalue weighted by atomic mass is 10.1. The van der Waals surface area contributed by atoms with Crippen LogP contribution in [0.1, 0.15) is 19.4 Å². The van der Waals surface area contributed by atoms with Crippen molar-refractivity contribution in [3.63, 3.8) is 0 Å². The van der Waals surface area contributed by atoms with Crippen LogP contribution in [0.5, 0.6) is 0 Å². The smallest absolute Gasteiger partial charge is 0.315 e. The summed E-state index contributed by atoms with van der Waals surface area (Å²) in [6.07, 6.45) is 1.65. The first kappa shape index (κ1) is 17.9. The molecule has 0 radical (unpaired) electrons. The molecule has 6 heteroatoms. The van der Waals surface area contributed by atoms with Crippen molar-refractivity contribution in [2.45, 2.75) is 32.5 Å². The third-order valence-electron chi connectivity index (χ3n) is 4.12. The van der Waals surface area contributed by atoms with Crippen LogP contribution in [-0.2, 0) is 17.3 Å². The average molecular weight is 337 g/mol. The first-order chi connectivity index (χ1) is 10.9. The minimum absolute atomic E-state index is 0.0852. The third kappa shape index (κ3) is 5.95. The summed E-state index contributed by atoms with van der Waals surface area (Å²) in [5.41, 5.74) is 1.30. The molecule has 0 aliphatic carbocycles. The molecule has 0 aromatic heterocycles. The van der Waals surface area contributed by atoms with Crippen molar-refractivity contribution < 1.29 is 9.00 Å². The van der Waals surface area contributed by atoms with E-state index < -0.39 is 10.8 Å². The predicted molar refractivity (Wildman–Crippen MR) is 94.7 cm³/mol. The predicted octanol–water partition coefficient (Wildman–Crippen LogP) is 1.57. The highest BCUT2D eigenvalue weighted by atomic mass is 32.2. The molecule has 0 unspecified atom stereocenters. The maximum absolute atomic E-state index is 12.1. The van der Waals surface area contributed by atoms with Crippen LogP contribution in [0.4, 0.5) is 4.79 Å². The first-order valence-electron chi connectivity index (χ1n) is 8.07. The van der Waals surface area contributed by atoms with Gasteiger partial charge in [-0.1, -0.05) is 37.3 Å². The summed E-state index contributed by atoms with van der Waals surface area (Å²) in [5.74, 6) is 0.897. The van der Waals surface area contributed by atoms with E-state index in [0.717, 1.165) is 19.6 Å². The molecule has 2 rings (SSSR count). The maximum Gasteiger partial charge on any atom is 0.315 e. The van der Waals surface area contributed by atoms with Gasteiger partial charge < -0.3 is 10.6 Å². The van der Waals surface area contributed by atoms with Gasteiger partial charge in [0.05, 0.1) is 0 Å². The monoisotopic (exact) mass is 337 g/mol. The topological polar surface area (TPSA) is 61.4 Å². The van der Waals surface area contributed by atoms with Crippen LogP contribution < -0.4 is 10.6 Å². The first-order valence-corrected chi connectivity index (χ1v) is 9.80. The number of urea groups is 1. The molecule has 0 spiro atoms. The van der Waals surface area contributed by atoms with Crippen LogP contribution in [-0.4, -0.2) is 52.3 Å². The van der Waals surface area contributed by atoms with Crippen LogP contribution in [0.25, 0.3) is 0 Å². The fourth-order valence-electron chi connectivity index (χ4n) is 3.05. The van der Waals surface area contributed by atoms with E-state index in [1.807, 2.05) is 13.0 Å². The Kier molecular flexibility index (Phi) is 6.59. The van der Waals surface area contributed by atoms with Crippen LogP contribution >= 0.6 is 0 Å². The van der Waals surface area contributed by atoms with E-state index in [1.165, 1.54) is 5.56 Å². The standard InChI is InChI=1S/C17H27N3O2S/c1-13-9-20(10-15-7-5-4-6-8-15)11-16(13)19-17(21)18-14(2)12-23(3)22/h4-8,13-14,16H,9-12H2,1-3H3,(H2,18,19,21)/t13-,14+,16+,23+/m0/s1. The zero-order valence-electron chi connectivity index (χ0n) is 14.1. The number of hydrogen-bond donors (Lipinski definition) is 2. The van der Waals surface area contributed by atoms with Crippen LogP contribution in [0.3, 0.4) is 0 Å². The van der Waals surface area contributed by atoms with Crippen LogP contribution in [0.2, 0.25) is 0 Å². The number of nitrogens with zero attached hydrogens (tertiary/aromatic N) is 1. The van der Waals surface area contributed by atoms with Crippen molar-refractivity contribution in [1.29, 1.82) is 0 Å². The number of likely N-dealkylation sites (tertiary alicyclic amines) is 1. The summed E-state index contributed by atoms with van der Waals surface area (Å²) in [4.78, 5) is 14.4. The second-order valence-corrected chi connectivity index (χ2v) is 8.00. The van der Waals surface area contributed by atoms with E-state index in [2.05, 4.69) is 46.7 Å². The summed E-state index contributed by atoms with van der Waals surface area (Å²) in [7, 11) is -0.902. The Bertz CT molecular complexity index is 538. The molecule has 1 heterocycles. The van der Waals surface area contributed by atoms with Crippen LogP contribution in [0, 0.1) is 5.92 Å². The summed E-state index contributed by atoms with van der Waals surface area (Å²) in [6.45, 7) is 6.80. The van der Waals surface area contributed by atoms with E-state index in [1.54, 1.807) is 6.26 Å². The maximum atomic E-state index is 12.1. The molecule has 1 aliphatic rings. The molecule has 1 aromatic rings. The molecule has 1 fully saturated rings. The molecule has 4 atom stereocenters. The molecule has 1 aliphatic heterocycles. The molecule has 0 bridgehead atoms. The van der Waals surface area contributed by atoms with Gasteiger partial charge in [0.25, 0.3) is 0 Å². The van der Waals surface area contributed by atoms with Gasteiger partial charge >= 0.3 is 6.03 Å². The Hall–Kier alpha value is -1.40. The van der Waals surface area contributed by atoms with Crippen molar-refractivity contribution in [2.75, 3.05) is 25.1 Å². The Morgan fingerprint density at radius 1 is 1.35 bits per heavy atom. The molecule has 2 amide bonds. The Balaban J connectivity index is 1.80. The Morgan fingerprint density at radius 3 is 2.70 bits per heavy atom. The highest BCUT2D eigenvalue weighted by Crippen LogP contribution is 2.18. The van der Waals surface area contributed by atoms with E-state index >= 15 is 0 Å². The lowest BCUT2D eigenvalue weighted by Gasteiger charge is -2.20. The largest absolute Gasteiger partial charge is 0.335 e. The fraction of sp³-hybridized carbons (Fsp3) is 0.588. The molecule has 1 saturated heterocycles. The molecule has 0 saturated carbocycles. The molecule has 128 valence electrons. The van der Waals surface area contributed by atoms with E-state index in [9.17, 15) is 9.00 Å². The van der Waals surface area contributed by atoms with Crippen molar-refractivity contribution in [1.82, 2.24) is 15.5 Å². The fourth-order valence-corrected chi connectivity index (χ4v) is 3.84. The van der Waals surface area contributed by atoms with Gasteiger partial charge in [-0.15, -0.1) is 0 Å². The van der Waals surface area contributed by atoms with E-state index in [0.29, 0.717) is 11.7 Å². The molecular formula is C17H27N3O2S. The molecular weight excluding hydrogens is 310 g/mol. The van der Waals surface area contributed by atoms with Gasteiger partial charge in [-0.3, -0.25) is 9.11 Å². The number of hydrogen-bond acceptors (Lipinski definition) is 3. The zero-order valence-corrected chi connectivity index (χ0v) is 14.9. The minimum Gasteiger partial charge on any atom is -0.335 e. The summed E-state index contributed by atoms with van der Waals surface area (Å²) < 4.78 is 11.2. The van der Waals surface area contributed by atoms with Gasteiger partial charge in [0.1, 0.15) is 0 Å². The number of amides is 2. The lowest BCUT2D eigenvalue weighted by molar-refractivity contribution is 0.232. The lowest BCUT2D eigenvalue weighted by Crippen LogP contribution is -2.49. The van der Waals surface area contributed by atoms with Gasteiger partial charge in [-0.2, -0.15) is 0 Å². The zero-order chi connectivity index (χ0) is 16.8. The highest BCUT2D eigenvalue weighted by molar-refractivity contribution is 7.84. The minimum atomic E-state index is -0.902. The highest BCUT2D eigenvalue weighted by Gasteiger charge is 2.30. The number of carbonyl (C=O) groups excluding carboxylic acids is 1. The summed E-state index contributed by atoms with van der Waals surface area (Å²) in [5, 5.41) is 5.92. The van der Waals surface area contributed by atoms with Gasteiger partial charge in [0.15, 0.2) is 0 Å². The molecule has 23 heavy (non-hydrogen) atoms. The van der Waals surface area contributed by atoms with Crippen molar-refractivity contribution >= 4 is 16.8 Å². The van der Waals surface area contributed by atoms with Gasteiger partial charge in [-0.05, 0) is 18.4 Å². The Morgan fingerprint density at radius 2 is 2.04 bits per heavy atom. The summed E-state index contributed by atoms with van der Waals surface area (Å²) in [6, 6.07) is 10.3. The molecule has 1 aromatic carbocycles. The van der Waals surface area contributed by atoms with Gasteiger partial charge in [-0.25, -0.2) is 4.79 Å². The number of nitrogens with one attached hydrogen (secondary N) is 2. The SMILES string of the molecule is C[C@H](C[S@@](C)=O)NC(=O)N[C@@H]1CN(Cc2ccccc2)C[C@@H]1C. The average Bonchev–Trinajstić information content (AvgIpc) is 2.78. The van der Waals surface area contributed by atoms with Crippen molar-refractivity contribution in [3.8, 4) is 0 Å². The van der Waals surface area contributed by atoms with Crippen LogP contribution in [0.15, 0.2) is 30.3 Å². The number of rotatable bonds is 6. The molecule has 2 N–H and O–H groups in total. The van der Waals surface area contributed by atoms with Gasteiger partial charge in [0.2, 0.25) is 0 Å². The second-order valence-electron chi connectivity index (χ2n) is 6.52. The third-order valence-corrected chi connectivity index (χ3v) is 5.09. The van der Waals surface area contributed by atoms with Gasteiger partial charge in [0, 0.05) is 54.5 Å². The Labute approximate surface area is 141 Å². The van der Waals surface area contributed by atoms with Crippen molar-refractivity contribution in [3.05, 3.63) is 35.9 Å². The second kappa shape index (κ2) is 8.45. The number of carbonyl (C=O) groups is 1.